The van der Waals surface area contributed by atoms with E-state index < -0.39 is 11.6 Å². The molecule has 0 radical (unpaired) electrons. The first-order chi connectivity index (χ1) is 9.92. The summed E-state index contributed by atoms with van der Waals surface area (Å²) >= 11 is 3.30. The molecule has 0 unspecified atom stereocenters. The average Bonchev–Trinajstić information content (AvgIpc) is 2.46. The number of halogens is 4. The Hall–Kier alpha value is -1.62. The molecule has 2 aromatic carbocycles. The number of aliphatic imine (C=N–C) groups is 1. The highest BCUT2D eigenvalue weighted by molar-refractivity contribution is 9.10. The molecule has 1 aliphatic heterocycles. The number of hydrogen-bond acceptors (Lipinski definition) is 1. The van der Waals surface area contributed by atoms with Crippen molar-refractivity contribution in [2.45, 2.75) is 18.0 Å². The number of nitrogens with zero attached hydrogens (tertiary/aromatic N) is 1. The quantitative estimate of drug-likeness (QED) is 0.667. The van der Waals surface area contributed by atoms with Gasteiger partial charge in [0.2, 0.25) is 0 Å². The van der Waals surface area contributed by atoms with Gasteiger partial charge in [0, 0.05) is 10.7 Å². The van der Waals surface area contributed by atoms with Gasteiger partial charge in [0.15, 0.2) is 0 Å². The Morgan fingerprint density at radius 2 is 1.76 bits per heavy atom. The van der Waals surface area contributed by atoms with Crippen LogP contribution in [0, 0.1) is 0 Å². The van der Waals surface area contributed by atoms with E-state index in [-0.39, 0.29) is 12.0 Å². The van der Waals surface area contributed by atoms with Gasteiger partial charge in [-0.1, -0.05) is 46.3 Å². The van der Waals surface area contributed by atoms with Crippen LogP contribution in [0.25, 0.3) is 0 Å². The summed E-state index contributed by atoms with van der Waals surface area (Å²) in [7, 11) is 0. The molecular formula is C16H11BrF3N. The average molecular weight is 354 g/mol. The Bertz CT molecular complexity index is 694. The SMILES string of the molecule is FC(F)(F)[C@]1(c2ccccc2)C=Nc2ccc(Br)cc2C1. The van der Waals surface area contributed by atoms with Crippen molar-refractivity contribution in [1.82, 2.24) is 0 Å². The van der Waals surface area contributed by atoms with E-state index in [9.17, 15) is 13.2 Å². The molecule has 0 aromatic heterocycles. The van der Waals surface area contributed by atoms with E-state index in [1.54, 1.807) is 36.4 Å². The van der Waals surface area contributed by atoms with Gasteiger partial charge in [-0.2, -0.15) is 13.2 Å². The Balaban J connectivity index is 2.17. The van der Waals surface area contributed by atoms with Gasteiger partial charge in [-0.15, -0.1) is 0 Å². The molecule has 0 spiro atoms. The molecule has 2 aromatic rings. The first-order valence-electron chi connectivity index (χ1n) is 6.38. The van der Waals surface area contributed by atoms with Gasteiger partial charge in [0.05, 0.1) is 5.69 Å². The van der Waals surface area contributed by atoms with Crippen LogP contribution in [0.4, 0.5) is 18.9 Å². The lowest BCUT2D eigenvalue weighted by molar-refractivity contribution is -0.168. The molecule has 108 valence electrons. The second-order valence-electron chi connectivity index (χ2n) is 5.04. The molecular weight excluding hydrogens is 343 g/mol. The van der Waals surface area contributed by atoms with Crippen molar-refractivity contribution >= 4 is 27.8 Å². The molecule has 1 heterocycles. The molecule has 0 amide bonds. The van der Waals surface area contributed by atoms with Crippen molar-refractivity contribution in [3.05, 3.63) is 64.1 Å². The number of alkyl halides is 3. The minimum Gasteiger partial charge on any atom is -0.260 e. The maximum absolute atomic E-state index is 13.8. The highest BCUT2D eigenvalue weighted by Crippen LogP contribution is 2.46. The summed E-state index contributed by atoms with van der Waals surface area (Å²) in [6, 6.07) is 13.2. The summed E-state index contributed by atoms with van der Waals surface area (Å²) in [5, 5.41) is 0. The minimum absolute atomic E-state index is 0.140. The molecule has 0 saturated carbocycles. The van der Waals surface area contributed by atoms with Crippen LogP contribution < -0.4 is 0 Å². The maximum Gasteiger partial charge on any atom is 0.403 e. The Labute approximate surface area is 128 Å². The molecule has 0 N–H and O–H groups in total. The number of fused-ring (bicyclic) bond motifs is 1. The fourth-order valence-corrected chi connectivity index (χ4v) is 3.01. The van der Waals surface area contributed by atoms with Gasteiger partial charge in [0.25, 0.3) is 0 Å². The lowest BCUT2D eigenvalue weighted by Gasteiger charge is -2.35. The molecule has 1 atom stereocenters. The van der Waals surface area contributed by atoms with Gasteiger partial charge in [-0.05, 0) is 35.7 Å². The topological polar surface area (TPSA) is 12.4 Å². The second kappa shape index (κ2) is 4.98. The zero-order valence-electron chi connectivity index (χ0n) is 10.9. The van der Waals surface area contributed by atoms with Crippen molar-refractivity contribution in [2.75, 3.05) is 0 Å². The fraction of sp³-hybridized carbons (Fsp3) is 0.188. The molecule has 21 heavy (non-hydrogen) atoms. The fourth-order valence-electron chi connectivity index (χ4n) is 2.60. The van der Waals surface area contributed by atoms with E-state index in [4.69, 9.17) is 0 Å². The molecule has 0 fully saturated rings. The van der Waals surface area contributed by atoms with E-state index in [0.717, 1.165) is 10.7 Å². The number of benzene rings is 2. The highest BCUT2D eigenvalue weighted by atomic mass is 79.9. The third kappa shape index (κ3) is 2.39. The van der Waals surface area contributed by atoms with E-state index in [1.165, 1.54) is 12.1 Å². The number of rotatable bonds is 1. The monoisotopic (exact) mass is 353 g/mol. The van der Waals surface area contributed by atoms with Crippen LogP contribution in [0.5, 0.6) is 0 Å². The summed E-state index contributed by atoms with van der Waals surface area (Å²) < 4.78 is 42.1. The van der Waals surface area contributed by atoms with Crippen molar-refractivity contribution in [2.24, 2.45) is 4.99 Å². The van der Waals surface area contributed by atoms with Gasteiger partial charge < -0.3 is 0 Å². The lowest BCUT2D eigenvalue weighted by atomic mass is 9.74. The summed E-state index contributed by atoms with van der Waals surface area (Å²) in [4.78, 5) is 4.06. The summed E-state index contributed by atoms with van der Waals surface area (Å²) in [6.07, 6.45) is -3.50. The van der Waals surface area contributed by atoms with Gasteiger partial charge in [-0.25, -0.2) is 0 Å². The first-order valence-corrected chi connectivity index (χ1v) is 7.18. The molecule has 5 heteroatoms. The predicted molar refractivity (Wildman–Crippen MR) is 80.2 cm³/mol. The van der Waals surface area contributed by atoms with Crippen molar-refractivity contribution in [1.29, 1.82) is 0 Å². The van der Waals surface area contributed by atoms with Gasteiger partial charge in [0.1, 0.15) is 5.41 Å². The van der Waals surface area contributed by atoms with Crippen LogP contribution in [0.15, 0.2) is 58.0 Å². The second-order valence-corrected chi connectivity index (χ2v) is 5.96. The molecule has 3 rings (SSSR count). The third-order valence-corrected chi connectivity index (χ3v) is 4.22. The largest absolute Gasteiger partial charge is 0.403 e. The summed E-state index contributed by atoms with van der Waals surface area (Å²) in [5.74, 6) is 0. The maximum atomic E-state index is 13.8. The van der Waals surface area contributed by atoms with Crippen molar-refractivity contribution in [3.8, 4) is 0 Å². The van der Waals surface area contributed by atoms with Gasteiger partial charge >= 0.3 is 6.18 Å². The summed E-state index contributed by atoms with van der Waals surface area (Å²) in [5.41, 5.74) is -0.670. The van der Waals surface area contributed by atoms with E-state index in [0.29, 0.717) is 11.3 Å². The van der Waals surface area contributed by atoms with Crippen LogP contribution >= 0.6 is 15.9 Å². The van der Waals surface area contributed by atoms with Gasteiger partial charge in [-0.3, -0.25) is 4.99 Å². The Morgan fingerprint density at radius 3 is 2.43 bits per heavy atom. The molecule has 1 aliphatic rings. The normalized spacial score (nSPS) is 21.1. The zero-order valence-corrected chi connectivity index (χ0v) is 12.4. The molecule has 0 aliphatic carbocycles. The Kier molecular flexibility index (Phi) is 3.40. The van der Waals surface area contributed by atoms with Crippen molar-refractivity contribution in [3.63, 3.8) is 0 Å². The van der Waals surface area contributed by atoms with E-state index in [2.05, 4.69) is 20.9 Å². The van der Waals surface area contributed by atoms with Crippen molar-refractivity contribution < 1.29 is 13.2 Å². The van der Waals surface area contributed by atoms with E-state index >= 15 is 0 Å². The molecule has 1 nitrogen and oxygen atoms in total. The van der Waals surface area contributed by atoms with Crippen LogP contribution in [-0.4, -0.2) is 12.4 Å². The van der Waals surface area contributed by atoms with E-state index in [1.807, 2.05) is 0 Å². The third-order valence-electron chi connectivity index (χ3n) is 3.73. The zero-order chi connectivity index (χ0) is 15.1. The van der Waals surface area contributed by atoms with Crippen LogP contribution in [-0.2, 0) is 11.8 Å². The molecule has 0 bridgehead atoms. The lowest BCUT2D eigenvalue weighted by Crippen LogP contribution is -2.46. The smallest absolute Gasteiger partial charge is 0.260 e. The first kappa shape index (κ1) is 14.3. The highest BCUT2D eigenvalue weighted by Gasteiger charge is 2.56. The minimum atomic E-state index is -4.40. The predicted octanol–water partition coefficient (Wildman–Crippen LogP) is 5.21. The van der Waals surface area contributed by atoms with Crippen LogP contribution in [0.2, 0.25) is 0 Å². The summed E-state index contributed by atoms with van der Waals surface area (Å²) in [6.45, 7) is 0. The van der Waals surface area contributed by atoms with Crippen LogP contribution in [0.3, 0.4) is 0 Å². The standard InChI is InChI=1S/C16H11BrF3N/c17-13-6-7-14-11(8-13)9-15(10-21-14,16(18,19)20)12-4-2-1-3-5-12/h1-8,10H,9H2/t15-/m0/s1. The molecule has 0 saturated heterocycles. The van der Waals surface area contributed by atoms with Crippen LogP contribution in [0.1, 0.15) is 11.1 Å². The number of hydrogen-bond donors (Lipinski definition) is 0. The Morgan fingerprint density at radius 1 is 1.05 bits per heavy atom.